The molecule has 1 nitrogen and oxygen atoms in total. The Balaban J connectivity index is 0.00000180. The van der Waals surface area contributed by atoms with E-state index in [9.17, 15) is 0 Å². The summed E-state index contributed by atoms with van der Waals surface area (Å²) in [5.41, 5.74) is 1.71. The smallest absolute Gasteiger partial charge is 0.0460 e. The average molecular weight is 302 g/mol. The van der Waals surface area contributed by atoms with Crippen LogP contribution in [0.15, 0.2) is 24.3 Å². The van der Waals surface area contributed by atoms with E-state index in [-0.39, 0.29) is 17.9 Å². The highest BCUT2D eigenvalue weighted by molar-refractivity contribution is 6.30. The summed E-state index contributed by atoms with van der Waals surface area (Å²) >= 11 is 6.03. The molecular formula is C16H25Cl2N. The Bertz CT molecular complexity index is 365. The lowest BCUT2D eigenvalue weighted by molar-refractivity contribution is 0.0567. The van der Waals surface area contributed by atoms with Crippen LogP contribution in [-0.2, 0) is 5.54 Å². The van der Waals surface area contributed by atoms with E-state index in [0.29, 0.717) is 0 Å². The molecule has 1 aliphatic rings. The normalized spacial score (nSPS) is 18.1. The first kappa shape index (κ1) is 16.8. The summed E-state index contributed by atoms with van der Waals surface area (Å²) in [5, 5.41) is 0.837. The van der Waals surface area contributed by atoms with Crippen LogP contribution in [0.4, 0.5) is 0 Å². The van der Waals surface area contributed by atoms with Crippen molar-refractivity contribution in [3.8, 4) is 0 Å². The maximum atomic E-state index is 6.03. The fraction of sp³-hybridized carbons (Fsp3) is 0.625. The highest BCUT2D eigenvalue weighted by Crippen LogP contribution is 2.42. The van der Waals surface area contributed by atoms with Gasteiger partial charge in [0.05, 0.1) is 0 Å². The third kappa shape index (κ3) is 3.45. The van der Waals surface area contributed by atoms with Crippen molar-refractivity contribution in [2.45, 2.75) is 51.5 Å². The van der Waals surface area contributed by atoms with Crippen LogP contribution in [0.25, 0.3) is 0 Å². The molecule has 19 heavy (non-hydrogen) atoms. The van der Waals surface area contributed by atoms with Gasteiger partial charge in [0, 0.05) is 10.6 Å². The first-order valence-electron chi connectivity index (χ1n) is 7.24. The van der Waals surface area contributed by atoms with Gasteiger partial charge in [0.1, 0.15) is 0 Å². The van der Waals surface area contributed by atoms with E-state index in [0.717, 1.165) is 18.1 Å². The Morgan fingerprint density at radius 2 is 1.53 bits per heavy atom. The van der Waals surface area contributed by atoms with Crippen LogP contribution < -0.4 is 0 Å². The van der Waals surface area contributed by atoms with Crippen LogP contribution in [0.1, 0.15) is 51.5 Å². The van der Waals surface area contributed by atoms with Crippen molar-refractivity contribution >= 4 is 24.0 Å². The van der Waals surface area contributed by atoms with Crippen LogP contribution in [-0.4, -0.2) is 18.0 Å². The molecule has 1 aromatic carbocycles. The number of benzene rings is 1. The minimum Gasteiger partial charge on any atom is -0.294 e. The Morgan fingerprint density at radius 3 is 2.00 bits per heavy atom. The molecule has 1 aromatic rings. The molecule has 1 fully saturated rings. The first-order valence-corrected chi connectivity index (χ1v) is 7.62. The molecule has 1 saturated carbocycles. The Hall–Kier alpha value is -0.240. The largest absolute Gasteiger partial charge is 0.294 e. The summed E-state index contributed by atoms with van der Waals surface area (Å²) in [7, 11) is 0. The standard InChI is InChI=1S/C16H24ClN.ClH/c1-3-18(4-2)16(12-6-5-7-13-16)14-8-10-15(17)11-9-14;/h8-11H,3-7,12-13H2,1-2H3;1H. The Kier molecular flexibility index (Phi) is 6.65. The van der Waals surface area contributed by atoms with Crippen molar-refractivity contribution in [1.82, 2.24) is 4.90 Å². The molecular weight excluding hydrogens is 277 g/mol. The maximum absolute atomic E-state index is 6.03. The van der Waals surface area contributed by atoms with E-state index >= 15 is 0 Å². The molecule has 0 saturated heterocycles. The predicted octanol–water partition coefficient (Wildman–Crippen LogP) is 5.26. The van der Waals surface area contributed by atoms with E-state index in [1.807, 2.05) is 12.1 Å². The molecule has 0 aliphatic heterocycles. The topological polar surface area (TPSA) is 3.24 Å². The van der Waals surface area contributed by atoms with Gasteiger partial charge in [0.25, 0.3) is 0 Å². The Morgan fingerprint density at radius 1 is 1.00 bits per heavy atom. The molecule has 0 unspecified atom stereocenters. The minimum atomic E-state index is 0. The monoisotopic (exact) mass is 301 g/mol. The summed E-state index contributed by atoms with van der Waals surface area (Å²) in [4.78, 5) is 2.63. The van der Waals surface area contributed by atoms with Crippen LogP contribution in [0, 0.1) is 0 Å². The molecule has 0 aromatic heterocycles. The second-order valence-electron chi connectivity index (χ2n) is 5.27. The van der Waals surface area contributed by atoms with Crippen molar-refractivity contribution < 1.29 is 0 Å². The van der Waals surface area contributed by atoms with E-state index in [4.69, 9.17) is 11.6 Å². The lowest BCUT2D eigenvalue weighted by Crippen LogP contribution is -2.47. The summed E-state index contributed by atoms with van der Waals surface area (Å²) in [5.74, 6) is 0. The van der Waals surface area contributed by atoms with E-state index in [1.54, 1.807) is 0 Å². The third-order valence-electron chi connectivity index (χ3n) is 4.43. The first-order chi connectivity index (χ1) is 8.73. The molecule has 108 valence electrons. The predicted molar refractivity (Wildman–Crippen MR) is 86.4 cm³/mol. The number of halogens is 2. The molecule has 0 amide bonds. The fourth-order valence-electron chi connectivity index (χ4n) is 3.51. The Labute approximate surface area is 128 Å². The van der Waals surface area contributed by atoms with Gasteiger partial charge in [0.2, 0.25) is 0 Å². The van der Waals surface area contributed by atoms with Crippen molar-refractivity contribution in [3.63, 3.8) is 0 Å². The summed E-state index contributed by atoms with van der Waals surface area (Å²) in [6.45, 7) is 6.80. The molecule has 0 heterocycles. The van der Waals surface area contributed by atoms with Crippen molar-refractivity contribution in [2.75, 3.05) is 13.1 Å². The zero-order valence-corrected chi connectivity index (χ0v) is 13.6. The van der Waals surface area contributed by atoms with Crippen LogP contribution in [0.3, 0.4) is 0 Å². The van der Waals surface area contributed by atoms with E-state index < -0.39 is 0 Å². The van der Waals surface area contributed by atoms with Crippen LogP contribution in [0.2, 0.25) is 5.02 Å². The maximum Gasteiger partial charge on any atom is 0.0460 e. The summed E-state index contributed by atoms with van der Waals surface area (Å²) in [6.07, 6.45) is 6.65. The van der Waals surface area contributed by atoms with Gasteiger partial charge in [-0.25, -0.2) is 0 Å². The van der Waals surface area contributed by atoms with E-state index in [1.165, 1.54) is 37.7 Å². The van der Waals surface area contributed by atoms with Crippen molar-refractivity contribution in [1.29, 1.82) is 0 Å². The molecule has 0 radical (unpaired) electrons. The zero-order valence-electron chi connectivity index (χ0n) is 12.0. The SMILES string of the molecule is CCN(CC)C1(c2ccc(Cl)cc2)CCCCC1.Cl. The lowest BCUT2D eigenvalue weighted by atomic mass is 9.75. The van der Waals surface area contributed by atoms with Gasteiger partial charge in [-0.2, -0.15) is 0 Å². The molecule has 0 bridgehead atoms. The second kappa shape index (κ2) is 7.52. The van der Waals surface area contributed by atoms with Crippen LogP contribution in [0.5, 0.6) is 0 Å². The number of hydrogen-bond acceptors (Lipinski definition) is 1. The lowest BCUT2D eigenvalue weighted by Gasteiger charge is -2.46. The van der Waals surface area contributed by atoms with Crippen molar-refractivity contribution in [3.05, 3.63) is 34.9 Å². The highest BCUT2D eigenvalue weighted by Gasteiger charge is 2.37. The fourth-order valence-corrected chi connectivity index (χ4v) is 3.64. The quantitative estimate of drug-likeness (QED) is 0.733. The van der Waals surface area contributed by atoms with Gasteiger partial charge >= 0.3 is 0 Å². The van der Waals surface area contributed by atoms with Gasteiger partial charge in [-0.1, -0.05) is 56.8 Å². The number of hydrogen-bond donors (Lipinski definition) is 0. The van der Waals surface area contributed by atoms with Crippen LogP contribution >= 0.6 is 24.0 Å². The zero-order chi connectivity index (χ0) is 13.0. The summed E-state index contributed by atoms with van der Waals surface area (Å²) in [6, 6.07) is 8.53. The molecule has 0 atom stereocenters. The van der Waals surface area contributed by atoms with Gasteiger partial charge in [-0.3, -0.25) is 4.90 Å². The van der Waals surface area contributed by atoms with Gasteiger partial charge in [-0.15, -0.1) is 12.4 Å². The molecule has 0 N–H and O–H groups in total. The van der Waals surface area contributed by atoms with Crippen molar-refractivity contribution in [2.24, 2.45) is 0 Å². The number of nitrogens with zero attached hydrogens (tertiary/aromatic N) is 1. The minimum absolute atomic E-state index is 0. The molecule has 0 spiro atoms. The molecule has 3 heteroatoms. The third-order valence-corrected chi connectivity index (χ3v) is 4.68. The van der Waals surface area contributed by atoms with Gasteiger partial charge in [0.15, 0.2) is 0 Å². The average Bonchev–Trinajstić information content (AvgIpc) is 2.42. The number of rotatable bonds is 4. The second-order valence-corrected chi connectivity index (χ2v) is 5.71. The van der Waals surface area contributed by atoms with E-state index in [2.05, 4.69) is 30.9 Å². The molecule has 1 aliphatic carbocycles. The highest BCUT2D eigenvalue weighted by atomic mass is 35.5. The molecule has 2 rings (SSSR count). The van der Waals surface area contributed by atoms with Gasteiger partial charge in [-0.05, 0) is 43.6 Å². The summed E-state index contributed by atoms with van der Waals surface area (Å²) < 4.78 is 0. The van der Waals surface area contributed by atoms with Gasteiger partial charge < -0.3 is 0 Å².